The summed E-state index contributed by atoms with van der Waals surface area (Å²) >= 11 is 0. The van der Waals surface area contributed by atoms with Crippen LogP contribution in [0.25, 0.3) is 0 Å². The van der Waals surface area contributed by atoms with E-state index in [1.807, 2.05) is 56.3 Å². The summed E-state index contributed by atoms with van der Waals surface area (Å²) < 4.78 is 0. The van der Waals surface area contributed by atoms with Crippen molar-refractivity contribution in [3.8, 4) is 0 Å². The molecule has 2 amide bonds. The van der Waals surface area contributed by atoms with Crippen LogP contribution in [0, 0.1) is 6.92 Å². The molecule has 3 rings (SSSR count). The van der Waals surface area contributed by atoms with Crippen molar-refractivity contribution in [3.05, 3.63) is 59.2 Å². The molecule has 1 N–H and O–H groups in total. The Labute approximate surface area is 136 Å². The smallest absolute Gasteiger partial charge is 0.255 e. The number of anilines is 2. The van der Waals surface area contributed by atoms with E-state index >= 15 is 0 Å². The molecule has 0 unspecified atom stereocenters. The summed E-state index contributed by atoms with van der Waals surface area (Å²) in [5.74, 6) is 0.0546. The van der Waals surface area contributed by atoms with Gasteiger partial charge in [0.2, 0.25) is 5.91 Å². The minimum atomic E-state index is -0.109. The lowest BCUT2D eigenvalue weighted by molar-refractivity contribution is -0.118. The highest BCUT2D eigenvalue weighted by atomic mass is 16.2. The van der Waals surface area contributed by atoms with E-state index in [-0.39, 0.29) is 11.8 Å². The van der Waals surface area contributed by atoms with E-state index in [1.165, 1.54) is 0 Å². The van der Waals surface area contributed by atoms with E-state index in [0.717, 1.165) is 28.9 Å². The molecular formula is C19H20N2O2. The number of nitrogens with one attached hydrogen (secondary N) is 1. The first-order valence-electron chi connectivity index (χ1n) is 7.90. The first kappa shape index (κ1) is 15.3. The number of benzene rings is 2. The highest BCUT2D eigenvalue weighted by molar-refractivity contribution is 6.05. The summed E-state index contributed by atoms with van der Waals surface area (Å²) in [6.45, 7) is 4.56. The molecule has 1 heterocycles. The number of nitrogens with zero attached hydrogens (tertiary/aromatic N) is 1. The van der Waals surface area contributed by atoms with Crippen LogP contribution in [-0.4, -0.2) is 18.4 Å². The Morgan fingerprint density at radius 3 is 2.70 bits per heavy atom. The van der Waals surface area contributed by atoms with Crippen LogP contribution in [-0.2, 0) is 11.2 Å². The van der Waals surface area contributed by atoms with Gasteiger partial charge in [-0.15, -0.1) is 0 Å². The first-order valence-corrected chi connectivity index (χ1v) is 7.90. The van der Waals surface area contributed by atoms with Gasteiger partial charge in [0.25, 0.3) is 5.91 Å². The molecule has 4 heteroatoms. The number of carbonyl (C=O) groups excluding carboxylic acids is 2. The van der Waals surface area contributed by atoms with E-state index in [9.17, 15) is 9.59 Å². The van der Waals surface area contributed by atoms with Crippen LogP contribution in [0.4, 0.5) is 11.4 Å². The van der Waals surface area contributed by atoms with Gasteiger partial charge in [0, 0.05) is 29.9 Å². The molecular weight excluding hydrogens is 288 g/mol. The van der Waals surface area contributed by atoms with Crippen LogP contribution in [0.3, 0.4) is 0 Å². The molecule has 0 aliphatic carbocycles. The Morgan fingerprint density at radius 2 is 1.96 bits per heavy atom. The Hall–Kier alpha value is -2.62. The minimum Gasteiger partial charge on any atom is -0.322 e. The quantitative estimate of drug-likeness (QED) is 0.942. The summed E-state index contributed by atoms with van der Waals surface area (Å²) in [6.07, 6.45) is 1.24. The summed E-state index contributed by atoms with van der Waals surface area (Å²) in [4.78, 5) is 26.1. The summed E-state index contributed by atoms with van der Waals surface area (Å²) in [5, 5.41) is 2.95. The van der Waals surface area contributed by atoms with E-state index in [1.54, 1.807) is 4.90 Å². The molecule has 23 heavy (non-hydrogen) atoms. The molecule has 2 aromatic carbocycles. The zero-order valence-electron chi connectivity index (χ0n) is 13.4. The SMILES string of the molecule is CCN1C(=O)CCc2cc(NC(=O)c3ccccc3C)ccc21. The van der Waals surface area contributed by atoms with Gasteiger partial charge in [0.1, 0.15) is 0 Å². The Kier molecular flexibility index (Phi) is 4.15. The van der Waals surface area contributed by atoms with Crippen molar-refractivity contribution in [1.29, 1.82) is 0 Å². The highest BCUT2D eigenvalue weighted by Crippen LogP contribution is 2.30. The number of aryl methyl sites for hydroxylation is 2. The molecule has 0 saturated carbocycles. The fourth-order valence-electron chi connectivity index (χ4n) is 3.01. The second-order valence-corrected chi connectivity index (χ2v) is 5.75. The lowest BCUT2D eigenvalue weighted by Crippen LogP contribution is -2.34. The fourth-order valence-corrected chi connectivity index (χ4v) is 3.01. The van der Waals surface area contributed by atoms with Gasteiger partial charge in [-0.05, 0) is 55.7 Å². The van der Waals surface area contributed by atoms with E-state index in [2.05, 4.69) is 5.32 Å². The lowest BCUT2D eigenvalue weighted by atomic mass is 10.00. The number of fused-ring (bicyclic) bond motifs is 1. The minimum absolute atomic E-state index is 0.109. The van der Waals surface area contributed by atoms with Crippen molar-refractivity contribution >= 4 is 23.2 Å². The maximum atomic E-state index is 12.4. The van der Waals surface area contributed by atoms with Crippen molar-refractivity contribution in [2.75, 3.05) is 16.8 Å². The zero-order valence-corrected chi connectivity index (χ0v) is 13.4. The van der Waals surface area contributed by atoms with Crippen molar-refractivity contribution in [1.82, 2.24) is 0 Å². The molecule has 118 valence electrons. The third-order valence-electron chi connectivity index (χ3n) is 4.24. The van der Waals surface area contributed by atoms with Gasteiger partial charge >= 0.3 is 0 Å². The van der Waals surface area contributed by atoms with Gasteiger partial charge in [-0.25, -0.2) is 0 Å². The van der Waals surface area contributed by atoms with Crippen LogP contribution < -0.4 is 10.2 Å². The Bertz CT molecular complexity index is 768. The van der Waals surface area contributed by atoms with Gasteiger partial charge in [-0.3, -0.25) is 9.59 Å². The molecule has 2 aromatic rings. The third kappa shape index (κ3) is 2.97. The van der Waals surface area contributed by atoms with Crippen LogP contribution in [0.5, 0.6) is 0 Å². The number of rotatable bonds is 3. The molecule has 0 saturated heterocycles. The second kappa shape index (κ2) is 6.24. The molecule has 0 bridgehead atoms. The van der Waals surface area contributed by atoms with E-state index in [0.29, 0.717) is 18.5 Å². The monoisotopic (exact) mass is 308 g/mol. The molecule has 0 spiro atoms. The molecule has 0 radical (unpaired) electrons. The number of amides is 2. The van der Waals surface area contributed by atoms with Gasteiger partial charge < -0.3 is 10.2 Å². The van der Waals surface area contributed by atoms with E-state index in [4.69, 9.17) is 0 Å². The molecule has 0 atom stereocenters. The van der Waals surface area contributed by atoms with Gasteiger partial charge in [0.05, 0.1) is 0 Å². The highest BCUT2D eigenvalue weighted by Gasteiger charge is 2.23. The first-order chi connectivity index (χ1) is 11.1. The number of hydrogen-bond donors (Lipinski definition) is 1. The van der Waals surface area contributed by atoms with Crippen LogP contribution >= 0.6 is 0 Å². The standard InChI is InChI=1S/C19H20N2O2/c1-3-21-17-10-9-15(12-14(17)8-11-18(21)22)20-19(23)16-7-5-4-6-13(16)2/h4-7,9-10,12H,3,8,11H2,1-2H3,(H,20,23). The predicted molar refractivity (Wildman–Crippen MR) is 91.9 cm³/mol. The average Bonchev–Trinajstić information content (AvgIpc) is 2.55. The van der Waals surface area contributed by atoms with Crippen molar-refractivity contribution < 1.29 is 9.59 Å². The largest absolute Gasteiger partial charge is 0.322 e. The number of carbonyl (C=O) groups is 2. The molecule has 0 fully saturated rings. The molecule has 4 nitrogen and oxygen atoms in total. The van der Waals surface area contributed by atoms with Gasteiger partial charge in [0.15, 0.2) is 0 Å². The maximum Gasteiger partial charge on any atom is 0.255 e. The second-order valence-electron chi connectivity index (χ2n) is 5.75. The average molecular weight is 308 g/mol. The molecule has 1 aliphatic heterocycles. The third-order valence-corrected chi connectivity index (χ3v) is 4.24. The van der Waals surface area contributed by atoms with Gasteiger partial charge in [-0.1, -0.05) is 18.2 Å². The topological polar surface area (TPSA) is 49.4 Å². The Morgan fingerprint density at radius 1 is 1.17 bits per heavy atom. The normalized spacial score (nSPS) is 13.7. The lowest BCUT2D eigenvalue weighted by Gasteiger charge is -2.28. The number of hydrogen-bond acceptors (Lipinski definition) is 2. The van der Waals surface area contributed by atoms with Crippen molar-refractivity contribution in [2.45, 2.75) is 26.7 Å². The molecule has 1 aliphatic rings. The van der Waals surface area contributed by atoms with Crippen LogP contribution in [0.2, 0.25) is 0 Å². The van der Waals surface area contributed by atoms with Crippen LogP contribution in [0.1, 0.15) is 34.8 Å². The predicted octanol–water partition coefficient (Wildman–Crippen LogP) is 3.55. The molecule has 0 aromatic heterocycles. The van der Waals surface area contributed by atoms with E-state index < -0.39 is 0 Å². The summed E-state index contributed by atoms with van der Waals surface area (Å²) in [5.41, 5.74) is 4.45. The maximum absolute atomic E-state index is 12.4. The summed E-state index contributed by atoms with van der Waals surface area (Å²) in [7, 11) is 0. The van der Waals surface area contributed by atoms with Crippen LogP contribution in [0.15, 0.2) is 42.5 Å². The fraction of sp³-hybridized carbons (Fsp3) is 0.263. The van der Waals surface area contributed by atoms with Gasteiger partial charge in [-0.2, -0.15) is 0 Å². The Balaban J connectivity index is 1.84. The summed E-state index contributed by atoms with van der Waals surface area (Å²) in [6, 6.07) is 13.3. The zero-order chi connectivity index (χ0) is 16.4. The van der Waals surface area contributed by atoms with Crippen molar-refractivity contribution in [2.24, 2.45) is 0 Å². The van der Waals surface area contributed by atoms with Crippen molar-refractivity contribution in [3.63, 3.8) is 0 Å².